The second-order valence-corrected chi connectivity index (χ2v) is 8.13. The summed E-state index contributed by atoms with van der Waals surface area (Å²) in [4.78, 5) is 12.3. The first-order valence-corrected chi connectivity index (χ1v) is 10.9. The molecule has 1 unspecified atom stereocenters. The highest BCUT2D eigenvalue weighted by molar-refractivity contribution is 7.99. The highest BCUT2D eigenvalue weighted by Gasteiger charge is 2.20. The molecule has 1 amide bonds. The second-order valence-electron chi connectivity index (χ2n) is 6.78. The summed E-state index contributed by atoms with van der Waals surface area (Å²) in [7, 11) is 0. The van der Waals surface area contributed by atoms with Crippen LogP contribution in [0.3, 0.4) is 0 Å². The summed E-state index contributed by atoms with van der Waals surface area (Å²) in [5.74, 6) is 0.659. The number of rotatable bonds is 9. The van der Waals surface area contributed by atoms with Crippen molar-refractivity contribution in [2.24, 2.45) is 0 Å². The molecule has 0 radical (unpaired) electrons. The number of thioether (sulfide) groups is 1. The lowest BCUT2D eigenvalue weighted by Crippen LogP contribution is -2.15. The van der Waals surface area contributed by atoms with Gasteiger partial charge in [0, 0.05) is 12.2 Å². The Kier molecular flexibility index (Phi) is 7.70. The zero-order valence-electron chi connectivity index (χ0n) is 17.1. The van der Waals surface area contributed by atoms with E-state index in [1.54, 1.807) is 6.08 Å². The van der Waals surface area contributed by atoms with Gasteiger partial charge < -0.3 is 10.1 Å². The Labute approximate surface area is 189 Å². The van der Waals surface area contributed by atoms with Crippen molar-refractivity contribution in [3.63, 3.8) is 0 Å². The molecule has 0 aliphatic rings. The van der Waals surface area contributed by atoms with E-state index in [-0.39, 0.29) is 22.8 Å². The lowest BCUT2D eigenvalue weighted by Gasteiger charge is -2.16. The molecule has 1 N–H and O–H groups in total. The number of halogens is 2. The van der Waals surface area contributed by atoms with Gasteiger partial charge in [0.2, 0.25) is 5.91 Å². The maximum Gasteiger partial charge on any atom is 0.234 e. The molecule has 0 spiro atoms. The van der Waals surface area contributed by atoms with E-state index in [4.69, 9.17) is 16.3 Å². The van der Waals surface area contributed by atoms with Crippen molar-refractivity contribution in [2.75, 3.05) is 11.1 Å². The van der Waals surface area contributed by atoms with Crippen molar-refractivity contribution in [2.45, 2.75) is 31.7 Å². The average Bonchev–Trinajstić information content (AvgIpc) is 3.12. The quantitative estimate of drug-likeness (QED) is 0.340. The zero-order chi connectivity index (χ0) is 22.4. The van der Waals surface area contributed by atoms with Crippen molar-refractivity contribution >= 4 is 35.0 Å². The minimum Gasteiger partial charge on any atom is -0.483 e. The average molecular weight is 461 g/mol. The summed E-state index contributed by atoms with van der Waals surface area (Å²) >= 11 is 6.99. The Balaban J connectivity index is 1.67. The van der Waals surface area contributed by atoms with Crippen molar-refractivity contribution in [1.29, 1.82) is 0 Å². The number of aromatic nitrogens is 3. The van der Waals surface area contributed by atoms with E-state index in [0.29, 0.717) is 23.2 Å². The molecule has 9 heteroatoms. The Bertz CT molecular complexity index is 1090. The summed E-state index contributed by atoms with van der Waals surface area (Å²) in [5.41, 5.74) is 1.52. The van der Waals surface area contributed by atoms with Gasteiger partial charge in [0.1, 0.15) is 11.6 Å². The van der Waals surface area contributed by atoms with Crippen LogP contribution in [0.4, 0.5) is 10.1 Å². The number of hydrogen-bond donors (Lipinski definition) is 1. The van der Waals surface area contributed by atoms with Crippen LogP contribution in [0.2, 0.25) is 5.02 Å². The van der Waals surface area contributed by atoms with Gasteiger partial charge in [-0.15, -0.1) is 16.8 Å². The van der Waals surface area contributed by atoms with Crippen LogP contribution in [0.15, 0.2) is 60.3 Å². The Hall–Kier alpha value is -2.84. The third kappa shape index (κ3) is 6.08. The predicted molar refractivity (Wildman–Crippen MR) is 121 cm³/mol. The fraction of sp³-hybridized carbons (Fsp3) is 0.227. The second kappa shape index (κ2) is 10.5. The van der Waals surface area contributed by atoms with E-state index in [1.165, 1.54) is 30.0 Å². The molecule has 31 heavy (non-hydrogen) atoms. The SMILES string of the molecule is C=CCn1c(SCC(=O)Nc2ccc(F)c(Cl)c2)nnc1C(C)Oc1cccc(C)c1. The topological polar surface area (TPSA) is 69.0 Å². The molecule has 0 bridgehead atoms. The Morgan fingerprint density at radius 3 is 2.87 bits per heavy atom. The molecule has 1 heterocycles. The normalized spacial score (nSPS) is 11.7. The van der Waals surface area contributed by atoms with Crippen LogP contribution in [0, 0.1) is 12.7 Å². The van der Waals surface area contributed by atoms with Gasteiger partial charge in [-0.1, -0.05) is 41.6 Å². The molecular weight excluding hydrogens is 439 g/mol. The highest BCUT2D eigenvalue weighted by Crippen LogP contribution is 2.26. The van der Waals surface area contributed by atoms with E-state index in [0.717, 1.165) is 11.3 Å². The standard InChI is InChI=1S/C22H22ClFN4O2S/c1-4-10-28-21(15(3)30-17-7-5-6-14(2)11-17)26-27-22(28)31-13-20(29)25-16-8-9-19(24)18(23)12-16/h4-9,11-12,15H,1,10,13H2,2-3H3,(H,25,29). The molecule has 6 nitrogen and oxygen atoms in total. The number of aryl methyl sites for hydroxylation is 1. The molecule has 1 aromatic heterocycles. The van der Waals surface area contributed by atoms with Gasteiger partial charge in [0.25, 0.3) is 0 Å². The first-order chi connectivity index (χ1) is 14.9. The molecular formula is C22H22ClFN4O2S. The molecule has 0 fully saturated rings. The molecule has 0 saturated carbocycles. The molecule has 3 rings (SSSR count). The maximum atomic E-state index is 13.3. The highest BCUT2D eigenvalue weighted by atomic mass is 35.5. The van der Waals surface area contributed by atoms with Crippen molar-refractivity contribution in [3.05, 3.63) is 77.3 Å². The summed E-state index contributed by atoms with van der Waals surface area (Å²) in [6.07, 6.45) is 1.38. The zero-order valence-corrected chi connectivity index (χ0v) is 18.7. The minimum atomic E-state index is -0.541. The minimum absolute atomic E-state index is 0.0524. The summed E-state index contributed by atoms with van der Waals surface area (Å²) in [6.45, 7) is 8.16. The number of nitrogens with one attached hydrogen (secondary N) is 1. The van der Waals surface area contributed by atoms with Gasteiger partial charge in [0.15, 0.2) is 17.1 Å². The predicted octanol–water partition coefficient (Wildman–Crippen LogP) is 5.44. The summed E-state index contributed by atoms with van der Waals surface area (Å²) < 4.78 is 21.1. The third-order valence-corrected chi connectivity index (χ3v) is 5.52. The molecule has 0 aliphatic carbocycles. The van der Waals surface area contributed by atoms with Gasteiger partial charge in [-0.05, 0) is 49.7 Å². The summed E-state index contributed by atoms with van der Waals surface area (Å²) in [5, 5.41) is 11.7. The molecule has 0 aliphatic heterocycles. The molecule has 1 atom stereocenters. The fourth-order valence-corrected chi connectivity index (χ4v) is 3.79. The van der Waals surface area contributed by atoms with Gasteiger partial charge in [-0.3, -0.25) is 9.36 Å². The monoisotopic (exact) mass is 460 g/mol. The number of allylic oxidation sites excluding steroid dienone is 1. The van der Waals surface area contributed by atoms with Gasteiger partial charge >= 0.3 is 0 Å². The lowest BCUT2D eigenvalue weighted by molar-refractivity contribution is -0.113. The van der Waals surface area contributed by atoms with Gasteiger partial charge in [0.05, 0.1) is 10.8 Å². The van der Waals surface area contributed by atoms with Gasteiger partial charge in [-0.25, -0.2) is 4.39 Å². The van der Waals surface area contributed by atoms with E-state index in [9.17, 15) is 9.18 Å². The Morgan fingerprint density at radius 1 is 1.35 bits per heavy atom. The van der Waals surface area contributed by atoms with Gasteiger partial charge in [-0.2, -0.15) is 0 Å². The number of ether oxygens (including phenoxy) is 1. The largest absolute Gasteiger partial charge is 0.483 e. The molecule has 2 aromatic carbocycles. The fourth-order valence-electron chi connectivity index (χ4n) is 2.85. The number of anilines is 1. The number of carbonyl (C=O) groups is 1. The number of hydrogen-bond acceptors (Lipinski definition) is 5. The number of amides is 1. The van der Waals surface area contributed by atoms with Crippen molar-refractivity contribution in [1.82, 2.24) is 14.8 Å². The van der Waals surface area contributed by atoms with Crippen molar-refractivity contribution < 1.29 is 13.9 Å². The first kappa shape index (κ1) is 22.8. The number of nitrogens with zero attached hydrogens (tertiary/aromatic N) is 3. The number of carbonyl (C=O) groups excluding carboxylic acids is 1. The maximum absolute atomic E-state index is 13.3. The first-order valence-electron chi connectivity index (χ1n) is 9.52. The lowest BCUT2D eigenvalue weighted by atomic mass is 10.2. The van der Waals surface area contributed by atoms with Crippen LogP contribution in [-0.4, -0.2) is 26.4 Å². The van der Waals surface area contributed by atoms with Crippen molar-refractivity contribution in [3.8, 4) is 5.75 Å². The molecule has 162 valence electrons. The van der Waals surface area contributed by atoms with Crippen LogP contribution in [0.25, 0.3) is 0 Å². The van der Waals surface area contributed by atoms with E-state index < -0.39 is 5.82 Å². The van der Waals surface area contributed by atoms with E-state index in [1.807, 2.05) is 42.7 Å². The number of benzene rings is 2. The van der Waals surface area contributed by atoms with E-state index in [2.05, 4.69) is 22.1 Å². The van der Waals surface area contributed by atoms with Crippen LogP contribution in [-0.2, 0) is 11.3 Å². The third-order valence-electron chi connectivity index (χ3n) is 4.26. The van der Waals surface area contributed by atoms with Crippen LogP contribution >= 0.6 is 23.4 Å². The van der Waals surface area contributed by atoms with Crippen LogP contribution < -0.4 is 10.1 Å². The smallest absolute Gasteiger partial charge is 0.234 e. The molecule has 3 aromatic rings. The van der Waals surface area contributed by atoms with E-state index >= 15 is 0 Å². The van der Waals surface area contributed by atoms with Crippen LogP contribution in [0.1, 0.15) is 24.4 Å². The summed E-state index contributed by atoms with van der Waals surface area (Å²) in [6, 6.07) is 11.8. The van der Waals surface area contributed by atoms with Crippen LogP contribution in [0.5, 0.6) is 5.75 Å². The Morgan fingerprint density at radius 2 is 2.16 bits per heavy atom. The molecule has 0 saturated heterocycles.